The van der Waals surface area contributed by atoms with Gasteiger partial charge in [-0.25, -0.2) is 9.59 Å². The van der Waals surface area contributed by atoms with Gasteiger partial charge in [0.15, 0.2) is 0 Å². The molecule has 1 rings (SSSR count). The van der Waals surface area contributed by atoms with Crippen molar-refractivity contribution in [2.75, 3.05) is 7.05 Å². The van der Waals surface area contributed by atoms with E-state index in [0.717, 1.165) is 0 Å². The highest BCUT2D eigenvalue weighted by molar-refractivity contribution is 5.89. The zero-order valence-corrected chi connectivity index (χ0v) is 8.40. The SMILES string of the molecule is CNC(=O)Oc1ccc(C(=O)O)c(C)c1. The van der Waals surface area contributed by atoms with Gasteiger partial charge in [-0.1, -0.05) is 0 Å². The van der Waals surface area contributed by atoms with Gasteiger partial charge in [-0.2, -0.15) is 0 Å². The topological polar surface area (TPSA) is 75.6 Å². The summed E-state index contributed by atoms with van der Waals surface area (Å²) < 4.78 is 4.84. The maximum Gasteiger partial charge on any atom is 0.412 e. The lowest BCUT2D eigenvalue weighted by atomic mass is 10.1. The van der Waals surface area contributed by atoms with Gasteiger partial charge in [0.05, 0.1) is 5.56 Å². The third-order valence-electron chi connectivity index (χ3n) is 1.84. The van der Waals surface area contributed by atoms with Crippen LogP contribution in [0.15, 0.2) is 18.2 Å². The predicted octanol–water partition coefficient (Wildman–Crippen LogP) is 1.41. The first-order valence-electron chi connectivity index (χ1n) is 4.28. The molecule has 0 heterocycles. The maximum atomic E-state index is 10.9. The van der Waals surface area contributed by atoms with Gasteiger partial charge in [-0.05, 0) is 30.7 Å². The molecule has 5 heteroatoms. The minimum absolute atomic E-state index is 0.194. The number of hydrogen-bond acceptors (Lipinski definition) is 3. The Morgan fingerprint density at radius 3 is 2.53 bits per heavy atom. The second-order valence-electron chi connectivity index (χ2n) is 2.92. The van der Waals surface area contributed by atoms with Crippen molar-refractivity contribution < 1.29 is 19.4 Å². The summed E-state index contributed by atoms with van der Waals surface area (Å²) in [5.74, 6) is -0.684. The minimum atomic E-state index is -1.00. The van der Waals surface area contributed by atoms with Crippen molar-refractivity contribution in [2.24, 2.45) is 0 Å². The van der Waals surface area contributed by atoms with Crippen LogP contribution in [0.2, 0.25) is 0 Å². The summed E-state index contributed by atoms with van der Waals surface area (Å²) >= 11 is 0. The first-order chi connectivity index (χ1) is 7.04. The van der Waals surface area contributed by atoms with Crippen LogP contribution in [0.4, 0.5) is 4.79 Å². The second-order valence-corrected chi connectivity index (χ2v) is 2.92. The third-order valence-corrected chi connectivity index (χ3v) is 1.84. The van der Waals surface area contributed by atoms with Crippen LogP contribution in [0.3, 0.4) is 0 Å². The van der Waals surface area contributed by atoms with Gasteiger partial charge >= 0.3 is 12.1 Å². The Balaban J connectivity index is 2.91. The molecule has 0 atom stereocenters. The molecule has 0 saturated heterocycles. The normalized spacial score (nSPS) is 9.47. The van der Waals surface area contributed by atoms with Gasteiger partial charge in [0.2, 0.25) is 0 Å². The molecule has 0 aliphatic carbocycles. The number of carboxylic acid groups (broad SMARTS) is 1. The van der Waals surface area contributed by atoms with Crippen molar-refractivity contribution >= 4 is 12.1 Å². The Morgan fingerprint density at radius 2 is 2.07 bits per heavy atom. The van der Waals surface area contributed by atoms with Crippen molar-refractivity contribution in [1.82, 2.24) is 5.32 Å². The lowest BCUT2D eigenvalue weighted by Crippen LogP contribution is -2.22. The molecule has 0 unspecified atom stereocenters. The summed E-state index contributed by atoms with van der Waals surface area (Å²) in [5, 5.41) is 11.1. The summed E-state index contributed by atoms with van der Waals surface area (Å²) in [6, 6.07) is 4.33. The van der Waals surface area contributed by atoms with Crippen LogP contribution < -0.4 is 10.1 Å². The van der Waals surface area contributed by atoms with Crippen molar-refractivity contribution in [1.29, 1.82) is 0 Å². The molecule has 15 heavy (non-hydrogen) atoms. The fourth-order valence-corrected chi connectivity index (χ4v) is 1.10. The van der Waals surface area contributed by atoms with Crippen LogP contribution in [0.1, 0.15) is 15.9 Å². The number of nitrogens with one attached hydrogen (secondary N) is 1. The Bertz CT molecular complexity index is 400. The molecule has 1 aromatic carbocycles. The molecular weight excluding hydrogens is 198 g/mol. The number of ether oxygens (including phenoxy) is 1. The molecule has 0 aliphatic heterocycles. The largest absolute Gasteiger partial charge is 0.478 e. The number of aryl methyl sites for hydroxylation is 1. The second kappa shape index (κ2) is 4.45. The van der Waals surface area contributed by atoms with E-state index in [4.69, 9.17) is 9.84 Å². The predicted molar refractivity (Wildman–Crippen MR) is 53.2 cm³/mol. The number of benzene rings is 1. The van der Waals surface area contributed by atoms with Crippen molar-refractivity contribution in [3.8, 4) is 5.75 Å². The van der Waals surface area contributed by atoms with Crippen LogP contribution in [0, 0.1) is 6.92 Å². The van der Waals surface area contributed by atoms with E-state index < -0.39 is 12.1 Å². The molecule has 0 aliphatic rings. The number of amides is 1. The number of carboxylic acids is 1. The number of carbonyl (C=O) groups excluding carboxylic acids is 1. The molecule has 0 radical (unpaired) electrons. The van der Waals surface area contributed by atoms with Crippen LogP contribution in [0.25, 0.3) is 0 Å². The smallest absolute Gasteiger partial charge is 0.412 e. The van der Waals surface area contributed by atoms with Gasteiger partial charge in [0.25, 0.3) is 0 Å². The van der Waals surface area contributed by atoms with Gasteiger partial charge in [0, 0.05) is 7.05 Å². The molecule has 80 valence electrons. The summed E-state index contributed by atoms with van der Waals surface area (Å²) in [6.07, 6.45) is -0.586. The number of rotatable bonds is 2. The van der Waals surface area contributed by atoms with E-state index in [1.807, 2.05) is 0 Å². The van der Waals surface area contributed by atoms with Crippen LogP contribution in [-0.4, -0.2) is 24.2 Å². The number of aromatic carboxylic acids is 1. The Kier molecular flexibility index (Phi) is 3.28. The highest BCUT2D eigenvalue weighted by Gasteiger charge is 2.08. The van der Waals surface area contributed by atoms with E-state index in [9.17, 15) is 9.59 Å². The Labute approximate surface area is 86.7 Å². The molecule has 1 aromatic rings. The lowest BCUT2D eigenvalue weighted by molar-refractivity contribution is 0.0696. The molecule has 0 bridgehead atoms. The van der Waals surface area contributed by atoms with Crippen molar-refractivity contribution in [3.63, 3.8) is 0 Å². The number of carbonyl (C=O) groups is 2. The minimum Gasteiger partial charge on any atom is -0.478 e. The number of hydrogen-bond donors (Lipinski definition) is 2. The average molecular weight is 209 g/mol. The monoisotopic (exact) mass is 209 g/mol. The van der Waals surface area contributed by atoms with Gasteiger partial charge < -0.3 is 15.2 Å². The molecule has 0 saturated carbocycles. The molecular formula is C10H11NO4. The summed E-state index contributed by atoms with van der Waals surface area (Å²) in [6.45, 7) is 1.64. The van der Waals surface area contributed by atoms with E-state index in [-0.39, 0.29) is 5.56 Å². The van der Waals surface area contributed by atoms with E-state index in [2.05, 4.69) is 5.32 Å². The zero-order valence-electron chi connectivity index (χ0n) is 8.40. The van der Waals surface area contributed by atoms with Crippen molar-refractivity contribution in [2.45, 2.75) is 6.92 Å². The quantitative estimate of drug-likeness (QED) is 0.772. The summed E-state index contributed by atoms with van der Waals surface area (Å²) in [5.41, 5.74) is 0.739. The molecule has 0 aromatic heterocycles. The molecule has 5 nitrogen and oxygen atoms in total. The van der Waals surface area contributed by atoms with Gasteiger partial charge in [0.1, 0.15) is 5.75 Å². The highest BCUT2D eigenvalue weighted by atomic mass is 16.5. The van der Waals surface area contributed by atoms with E-state index in [1.54, 1.807) is 6.92 Å². The fourth-order valence-electron chi connectivity index (χ4n) is 1.10. The van der Waals surface area contributed by atoms with Gasteiger partial charge in [-0.15, -0.1) is 0 Å². The Hall–Kier alpha value is -2.04. The average Bonchev–Trinajstić information content (AvgIpc) is 2.17. The zero-order chi connectivity index (χ0) is 11.4. The molecule has 0 spiro atoms. The highest BCUT2D eigenvalue weighted by Crippen LogP contribution is 2.17. The lowest BCUT2D eigenvalue weighted by Gasteiger charge is -2.05. The fraction of sp³-hybridized carbons (Fsp3) is 0.200. The third kappa shape index (κ3) is 2.70. The molecule has 1 amide bonds. The Morgan fingerprint density at radius 1 is 1.40 bits per heavy atom. The summed E-state index contributed by atoms with van der Waals surface area (Å²) in [4.78, 5) is 21.6. The maximum absolute atomic E-state index is 10.9. The standard InChI is InChI=1S/C10H11NO4/c1-6-5-7(15-10(14)11-2)3-4-8(6)9(12)13/h3-5H,1-2H3,(H,11,14)(H,12,13). The first kappa shape index (κ1) is 11.0. The van der Waals surface area contributed by atoms with Crippen molar-refractivity contribution in [3.05, 3.63) is 29.3 Å². The molecule has 2 N–H and O–H groups in total. The van der Waals surface area contributed by atoms with Crippen LogP contribution in [0.5, 0.6) is 5.75 Å². The summed E-state index contributed by atoms with van der Waals surface area (Å²) in [7, 11) is 1.45. The molecule has 0 fully saturated rings. The van der Waals surface area contributed by atoms with Gasteiger partial charge in [-0.3, -0.25) is 0 Å². The van der Waals surface area contributed by atoms with Crippen LogP contribution >= 0.6 is 0 Å². The first-order valence-corrected chi connectivity index (χ1v) is 4.28. The van der Waals surface area contributed by atoms with Crippen LogP contribution in [-0.2, 0) is 0 Å². The van der Waals surface area contributed by atoms with E-state index >= 15 is 0 Å². The van der Waals surface area contributed by atoms with E-state index in [0.29, 0.717) is 11.3 Å². The van der Waals surface area contributed by atoms with E-state index in [1.165, 1.54) is 25.2 Å².